The normalized spacial score (nSPS) is 15.3. The molecule has 3 nitrogen and oxygen atoms in total. The molecule has 0 aromatic carbocycles. The summed E-state index contributed by atoms with van der Waals surface area (Å²) in [5.41, 5.74) is 0. The van der Waals surface area contributed by atoms with E-state index in [9.17, 15) is 9.79 Å². The molecule has 82 valence electrons. The van der Waals surface area contributed by atoms with Crippen LogP contribution in [0.5, 0.6) is 0 Å². The molecule has 0 aromatic heterocycles. The van der Waals surface area contributed by atoms with Gasteiger partial charge in [0.25, 0.3) is 0 Å². The summed E-state index contributed by atoms with van der Waals surface area (Å²) in [6, 6.07) is 0. The molecule has 0 unspecified atom stereocenters. The predicted octanol–water partition coefficient (Wildman–Crippen LogP) is 2.52. The predicted molar refractivity (Wildman–Crippen MR) is 57.9 cm³/mol. The van der Waals surface area contributed by atoms with E-state index in [1.54, 1.807) is 0 Å². The fourth-order valence-electron chi connectivity index (χ4n) is 1.03. The van der Waals surface area contributed by atoms with Crippen molar-refractivity contribution in [3.63, 3.8) is 0 Å². The van der Waals surface area contributed by atoms with Gasteiger partial charge < -0.3 is 0 Å². The zero-order valence-electron chi connectivity index (χ0n) is 8.99. The third-order valence-electron chi connectivity index (χ3n) is 1.71. The monoisotopic (exact) mass is 210 g/mol. The van der Waals surface area contributed by atoms with E-state index in [2.05, 4.69) is 6.92 Å². The van der Waals surface area contributed by atoms with Crippen molar-refractivity contribution in [3.05, 3.63) is 0 Å². The third kappa shape index (κ3) is 12.3. The average Bonchev–Trinajstić information content (AvgIpc) is 1.93. The molecule has 0 spiro atoms. The Balaban J connectivity index is 3.27. The number of hydrogen-bond acceptors (Lipinski definition) is 3. The molecule has 0 heterocycles. The Morgan fingerprint density at radius 3 is 2.00 bits per heavy atom. The Morgan fingerprint density at radius 1 is 1.00 bits per heavy atom. The van der Waals surface area contributed by atoms with Gasteiger partial charge in [-0.15, -0.1) is 0 Å². The van der Waals surface area contributed by atoms with Gasteiger partial charge in [-0.1, -0.05) is 0 Å². The second-order valence-corrected chi connectivity index (χ2v) is 8.10. The number of hydrogen-bond donors (Lipinski definition) is 2. The molecular formula is C9H23O3P. The van der Waals surface area contributed by atoms with Crippen LogP contribution in [0.4, 0.5) is 0 Å². The van der Waals surface area contributed by atoms with E-state index in [4.69, 9.17) is 4.52 Å². The second kappa shape index (κ2) is 5.26. The van der Waals surface area contributed by atoms with Crippen molar-refractivity contribution >= 4 is 7.28 Å². The summed E-state index contributed by atoms with van der Waals surface area (Å²) in [6.45, 7) is 5.37. The van der Waals surface area contributed by atoms with Crippen LogP contribution in [0.2, 0.25) is 0 Å². The Hall–Kier alpha value is 0.310. The van der Waals surface area contributed by atoms with Gasteiger partial charge in [0.05, 0.1) is 0 Å². The molecule has 4 heteroatoms. The van der Waals surface area contributed by atoms with Gasteiger partial charge in [0, 0.05) is 0 Å². The van der Waals surface area contributed by atoms with E-state index in [-0.39, 0.29) is 0 Å². The second-order valence-electron chi connectivity index (χ2n) is 4.11. The topological polar surface area (TPSA) is 49.7 Å². The van der Waals surface area contributed by atoms with Gasteiger partial charge in [-0.05, 0) is 0 Å². The van der Waals surface area contributed by atoms with Crippen molar-refractivity contribution in [1.82, 2.24) is 0 Å². The Labute approximate surface area is 81.3 Å². The molecule has 0 aliphatic rings. The standard InChI is InChI=1S/C9H23O3P/c1-4-5-6-7-8-9-12-13(2,3,10)11/h10-11H,4-9H2,1-3H3. The van der Waals surface area contributed by atoms with Crippen LogP contribution in [0.25, 0.3) is 0 Å². The fourth-order valence-corrected chi connectivity index (χ4v) is 1.69. The van der Waals surface area contributed by atoms with Gasteiger partial charge in [-0.25, -0.2) is 0 Å². The summed E-state index contributed by atoms with van der Waals surface area (Å²) in [7, 11) is -3.68. The molecule has 0 aliphatic carbocycles. The summed E-state index contributed by atoms with van der Waals surface area (Å²) < 4.78 is 5.04. The van der Waals surface area contributed by atoms with Crippen LogP contribution in [-0.4, -0.2) is 29.7 Å². The fraction of sp³-hybridized carbons (Fsp3) is 1.00. The number of rotatable bonds is 7. The molecule has 0 atom stereocenters. The summed E-state index contributed by atoms with van der Waals surface area (Å²) in [4.78, 5) is 18.7. The van der Waals surface area contributed by atoms with E-state index in [0.29, 0.717) is 6.61 Å². The van der Waals surface area contributed by atoms with Crippen LogP contribution in [0.1, 0.15) is 39.0 Å². The minimum absolute atomic E-state index is 0.460. The van der Waals surface area contributed by atoms with E-state index in [1.165, 1.54) is 32.6 Å². The van der Waals surface area contributed by atoms with E-state index in [1.807, 2.05) is 0 Å². The maximum absolute atomic E-state index is 9.35. The third-order valence-corrected chi connectivity index (χ3v) is 2.64. The first-order valence-corrected chi connectivity index (χ1v) is 7.93. The van der Waals surface area contributed by atoms with Crippen LogP contribution in [-0.2, 0) is 4.52 Å². The molecule has 2 N–H and O–H groups in total. The summed E-state index contributed by atoms with van der Waals surface area (Å²) >= 11 is 0. The molecule has 0 aliphatic heterocycles. The van der Waals surface area contributed by atoms with Crippen molar-refractivity contribution in [2.24, 2.45) is 0 Å². The molecular weight excluding hydrogens is 187 g/mol. The molecule has 13 heavy (non-hydrogen) atoms. The van der Waals surface area contributed by atoms with Crippen LogP contribution < -0.4 is 0 Å². The van der Waals surface area contributed by atoms with Crippen molar-refractivity contribution < 1.29 is 14.3 Å². The van der Waals surface area contributed by atoms with Crippen LogP contribution >= 0.6 is 7.28 Å². The van der Waals surface area contributed by atoms with E-state index < -0.39 is 7.28 Å². The first-order valence-electron chi connectivity index (χ1n) is 4.97. The van der Waals surface area contributed by atoms with Gasteiger partial charge >= 0.3 is 80.6 Å². The first kappa shape index (κ1) is 13.3. The van der Waals surface area contributed by atoms with Crippen molar-refractivity contribution in [1.29, 1.82) is 0 Å². The van der Waals surface area contributed by atoms with Crippen molar-refractivity contribution in [3.8, 4) is 0 Å². The van der Waals surface area contributed by atoms with E-state index >= 15 is 0 Å². The molecule has 0 rings (SSSR count). The molecule has 0 bridgehead atoms. The Kier molecular flexibility index (Phi) is 5.38. The molecule has 0 aromatic rings. The van der Waals surface area contributed by atoms with Crippen LogP contribution in [0.15, 0.2) is 0 Å². The van der Waals surface area contributed by atoms with Crippen molar-refractivity contribution in [2.45, 2.75) is 39.0 Å². The van der Waals surface area contributed by atoms with Crippen LogP contribution in [0, 0.1) is 0 Å². The van der Waals surface area contributed by atoms with Gasteiger partial charge in [0.15, 0.2) is 0 Å². The van der Waals surface area contributed by atoms with Gasteiger partial charge in [0.2, 0.25) is 0 Å². The summed E-state index contributed by atoms with van der Waals surface area (Å²) in [6.07, 6.45) is 5.71. The Bertz CT molecular complexity index is 130. The molecule has 0 saturated carbocycles. The number of unbranched alkanes of at least 4 members (excludes halogenated alkanes) is 4. The van der Waals surface area contributed by atoms with Crippen molar-refractivity contribution in [2.75, 3.05) is 19.9 Å². The first-order chi connectivity index (χ1) is 5.81. The zero-order valence-corrected chi connectivity index (χ0v) is 9.89. The SMILES string of the molecule is CCCCCCCOP(C)(C)(O)O. The quantitative estimate of drug-likeness (QED) is 0.501. The minimum atomic E-state index is -3.68. The maximum atomic E-state index is 9.35. The molecule has 0 fully saturated rings. The summed E-state index contributed by atoms with van der Waals surface area (Å²) in [5.74, 6) is 0. The van der Waals surface area contributed by atoms with Gasteiger partial charge in [-0.2, -0.15) is 0 Å². The zero-order chi connectivity index (χ0) is 10.4. The summed E-state index contributed by atoms with van der Waals surface area (Å²) in [5, 5.41) is 0. The average molecular weight is 210 g/mol. The van der Waals surface area contributed by atoms with Gasteiger partial charge in [-0.3, -0.25) is 0 Å². The molecule has 0 amide bonds. The van der Waals surface area contributed by atoms with E-state index in [0.717, 1.165) is 12.8 Å². The Morgan fingerprint density at radius 2 is 1.54 bits per heavy atom. The molecule has 0 saturated heterocycles. The molecule has 0 radical (unpaired) electrons. The van der Waals surface area contributed by atoms with Gasteiger partial charge in [0.1, 0.15) is 0 Å². The van der Waals surface area contributed by atoms with Crippen LogP contribution in [0.3, 0.4) is 0 Å².